The summed E-state index contributed by atoms with van der Waals surface area (Å²) in [5, 5.41) is 5.15. The normalized spacial score (nSPS) is 13.6. The van der Waals surface area contributed by atoms with E-state index >= 15 is 0 Å². The monoisotopic (exact) mass is 528 g/mol. The Kier molecular flexibility index (Phi) is 7.72. The summed E-state index contributed by atoms with van der Waals surface area (Å²) in [4.78, 5) is 50.3. The molecule has 0 radical (unpaired) electrons. The van der Waals surface area contributed by atoms with Crippen LogP contribution in [0.15, 0.2) is 55.0 Å². The number of aryl methyl sites for hydroxylation is 1. The summed E-state index contributed by atoms with van der Waals surface area (Å²) in [7, 11) is 1.50. The van der Waals surface area contributed by atoms with Gasteiger partial charge in [-0.2, -0.15) is 5.10 Å². The average Bonchev–Trinajstić information content (AvgIpc) is 3.64. The molecule has 1 N–H and O–H groups in total. The van der Waals surface area contributed by atoms with Crippen molar-refractivity contribution in [1.29, 1.82) is 0 Å². The smallest absolute Gasteiger partial charge is 0.295 e. The predicted molar refractivity (Wildman–Crippen MR) is 146 cm³/mol. The van der Waals surface area contributed by atoms with Crippen LogP contribution in [0.1, 0.15) is 52.6 Å². The van der Waals surface area contributed by atoms with Gasteiger partial charge in [0.15, 0.2) is 5.82 Å². The van der Waals surface area contributed by atoms with E-state index in [0.29, 0.717) is 41.1 Å². The number of Topliss-reactive ketones (excluding diaryl/α,β-unsaturated/α-hetero) is 1. The maximum absolute atomic E-state index is 13.4. The Morgan fingerprint density at radius 1 is 1.00 bits per heavy atom. The van der Waals surface area contributed by atoms with E-state index in [1.165, 1.54) is 18.2 Å². The number of ketones is 1. The van der Waals surface area contributed by atoms with Gasteiger partial charge in [0.2, 0.25) is 0 Å². The van der Waals surface area contributed by atoms with Gasteiger partial charge in [0.25, 0.3) is 17.6 Å². The number of fused-ring (bicyclic) bond motifs is 1. The number of carbonyl (C=O) groups excluding carboxylic acids is 3. The molecule has 5 rings (SSSR count). The van der Waals surface area contributed by atoms with Gasteiger partial charge < -0.3 is 19.5 Å². The van der Waals surface area contributed by atoms with Crippen LogP contribution in [-0.2, 0) is 11.2 Å². The van der Waals surface area contributed by atoms with Crippen LogP contribution in [0.3, 0.4) is 0 Å². The number of rotatable bonds is 9. The number of piperazine rings is 1. The summed E-state index contributed by atoms with van der Waals surface area (Å²) in [6.07, 6.45) is 9.15. The Hall–Kier alpha value is -4.47. The van der Waals surface area contributed by atoms with Gasteiger partial charge in [-0.15, -0.1) is 0 Å². The molecule has 1 fully saturated rings. The fourth-order valence-corrected chi connectivity index (χ4v) is 4.92. The minimum Gasteiger partial charge on any atom is -0.494 e. The maximum Gasteiger partial charge on any atom is 0.295 e. The first kappa shape index (κ1) is 26.1. The van der Waals surface area contributed by atoms with Gasteiger partial charge in [-0.05, 0) is 31.0 Å². The van der Waals surface area contributed by atoms with Crippen LogP contribution in [0.25, 0.3) is 16.7 Å². The lowest BCUT2D eigenvalue weighted by Gasteiger charge is -2.34. The van der Waals surface area contributed by atoms with Gasteiger partial charge in [0.1, 0.15) is 5.75 Å². The van der Waals surface area contributed by atoms with Gasteiger partial charge in [-0.3, -0.25) is 14.4 Å². The number of amides is 2. The van der Waals surface area contributed by atoms with Crippen molar-refractivity contribution >= 4 is 28.5 Å². The molecular formula is C29H32N6O4. The lowest BCUT2D eigenvalue weighted by atomic mass is 10.1. The predicted octanol–water partition coefficient (Wildman–Crippen LogP) is 3.66. The van der Waals surface area contributed by atoms with Crippen LogP contribution in [0.4, 0.5) is 0 Å². The molecule has 4 heterocycles. The summed E-state index contributed by atoms with van der Waals surface area (Å²) >= 11 is 0. The number of H-pyrrole nitrogens is 1. The molecule has 0 saturated carbocycles. The summed E-state index contributed by atoms with van der Waals surface area (Å²) in [6.45, 7) is 3.45. The first-order valence-corrected chi connectivity index (χ1v) is 13.3. The second kappa shape index (κ2) is 11.5. The zero-order valence-electron chi connectivity index (χ0n) is 22.2. The van der Waals surface area contributed by atoms with Gasteiger partial charge in [0, 0.05) is 44.1 Å². The molecule has 3 aromatic heterocycles. The molecule has 4 aromatic rings. The zero-order chi connectivity index (χ0) is 27.4. The highest BCUT2D eigenvalue weighted by atomic mass is 16.5. The molecule has 0 spiro atoms. The number of carbonyl (C=O) groups is 3. The van der Waals surface area contributed by atoms with E-state index in [1.807, 2.05) is 30.5 Å². The van der Waals surface area contributed by atoms with Gasteiger partial charge in [0.05, 0.1) is 35.5 Å². The molecule has 10 heteroatoms. The number of hydrogen-bond acceptors (Lipinski definition) is 6. The molecule has 1 aliphatic rings. The lowest BCUT2D eigenvalue weighted by molar-refractivity contribution is -0.127. The van der Waals surface area contributed by atoms with Crippen molar-refractivity contribution < 1.29 is 19.1 Å². The molecule has 1 aliphatic heterocycles. The highest BCUT2D eigenvalue weighted by Crippen LogP contribution is 2.32. The molecule has 2 amide bonds. The van der Waals surface area contributed by atoms with Crippen molar-refractivity contribution in [3.8, 4) is 11.6 Å². The Labute approximate surface area is 226 Å². The van der Waals surface area contributed by atoms with E-state index in [4.69, 9.17) is 4.74 Å². The average molecular weight is 529 g/mol. The fourth-order valence-electron chi connectivity index (χ4n) is 4.92. The van der Waals surface area contributed by atoms with Crippen molar-refractivity contribution in [2.24, 2.45) is 0 Å². The number of benzene rings is 1. The van der Waals surface area contributed by atoms with E-state index in [0.717, 1.165) is 31.4 Å². The molecular weight excluding hydrogens is 496 g/mol. The lowest BCUT2D eigenvalue weighted by Crippen LogP contribution is -2.52. The molecule has 0 atom stereocenters. The van der Waals surface area contributed by atoms with Crippen molar-refractivity contribution in [2.45, 2.75) is 32.6 Å². The van der Waals surface area contributed by atoms with Crippen LogP contribution >= 0.6 is 0 Å². The van der Waals surface area contributed by atoms with Gasteiger partial charge >= 0.3 is 0 Å². The van der Waals surface area contributed by atoms with Crippen LogP contribution in [0.2, 0.25) is 0 Å². The number of nitrogens with zero attached hydrogens (tertiary/aromatic N) is 5. The van der Waals surface area contributed by atoms with Crippen LogP contribution in [0.5, 0.6) is 5.75 Å². The second-order valence-corrected chi connectivity index (χ2v) is 9.59. The Balaban J connectivity index is 1.34. The number of aromatic amines is 1. The number of methoxy groups -OCH3 is 1. The standard InChI is InChI=1S/C29H32N6O4/c1-3-4-6-11-21-12-13-35(32-21)27-25-24(23(39-2)19-31-27)22(18-30-25)26(36)29(38)34-16-14-33(15-17-34)28(37)20-9-7-5-8-10-20/h5,7-10,12-13,18-19,30H,3-4,6,11,14-17H2,1-2H3. The number of hydrogen-bond donors (Lipinski definition) is 1. The van der Waals surface area contributed by atoms with Crippen molar-refractivity contribution in [1.82, 2.24) is 29.5 Å². The third-order valence-corrected chi connectivity index (χ3v) is 7.09. The molecule has 1 saturated heterocycles. The largest absolute Gasteiger partial charge is 0.494 e. The molecule has 0 aliphatic carbocycles. The highest BCUT2D eigenvalue weighted by Gasteiger charge is 2.31. The van der Waals surface area contributed by atoms with E-state index < -0.39 is 11.7 Å². The molecule has 10 nitrogen and oxygen atoms in total. The third-order valence-electron chi connectivity index (χ3n) is 7.09. The second-order valence-electron chi connectivity index (χ2n) is 9.59. The first-order valence-electron chi connectivity index (χ1n) is 13.3. The number of aromatic nitrogens is 4. The van der Waals surface area contributed by atoms with E-state index in [2.05, 4.69) is 22.0 Å². The zero-order valence-corrected chi connectivity index (χ0v) is 22.2. The number of pyridine rings is 1. The van der Waals surface area contributed by atoms with Gasteiger partial charge in [-0.25, -0.2) is 9.67 Å². The summed E-state index contributed by atoms with van der Waals surface area (Å²) < 4.78 is 7.19. The Morgan fingerprint density at radius 2 is 1.74 bits per heavy atom. The van der Waals surface area contributed by atoms with E-state index in [9.17, 15) is 14.4 Å². The molecule has 202 valence electrons. The minimum absolute atomic E-state index is 0.0810. The summed E-state index contributed by atoms with van der Waals surface area (Å²) in [5.41, 5.74) is 2.35. The van der Waals surface area contributed by atoms with Crippen LogP contribution < -0.4 is 4.74 Å². The first-order chi connectivity index (χ1) is 19.0. The van der Waals surface area contributed by atoms with E-state index in [-0.39, 0.29) is 24.6 Å². The molecule has 1 aromatic carbocycles. The fraction of sp³-hybridized carbons (Fsp3) is 0.345. The summed E-state index contributed by atoms with van der Waals surface area (Å²) in [5.74, 6) is -0.421. The number of ether oxygens (including phenoxy) is 1. The van der Waals surface area contributed by atoms with Crippen LogP contribution in [-0.4, -0.2) is 80.4 Å². The summed E-state index contributed by atoms with van der Waals surface area (Å²) in [6, 6.07) is 11.0. The van der Waals surface area contributed by atoms with Crippen LogP contribution in [0, 0.1) is 0 Å². The molecule has 0 bridgehead atoms. The molecule has 39 heavy (non-hydrogen) atoms. The van der Waals surface area contributed by atoms with Crippen molar-refractivity contribution in [3.63, 3.8) is 0 Å². The van der Waals surface area contributed by atoms with Crippen molar-refractivity contribution in [2.75, 3.05) is 33.3 Å². The van der Waals surface area contributed by atoms with Gasteiger partial charge in [-0.1, -0.05) is 38.0 Å². The number of unbranched alkanes of at least 4 members (excludes halogenated alkanes) is 2. The Bertz CT molecular complexity index is 1480. The highest BCUT2D eigenvalue weighted by molar-refractivity contribution is 6.45. The SMILES string of the molecule is CCCCCc1ccn(-c2ncc(OC)c3c(C(=O)C(=O)N4CCN(C(=O)c5ccccc5)CC4)c[nH]c23)n1. The topological polar surface area (TPSA) is 113 Å². The number of nitrogens with one attached hydrogen (secondary N) is 1. The molecule has 0 unspecified atom stereocenters. The quantitative estimate of drug-likeness (QED) is 0.202. The van der Waals surface area contributed by atoms with E-state index in [1.54, 1.807) is 27.9 Å². The Morgan fingerprint density at radius 3 is 2.46 bits per heavy atom. The van der Waals surface area contributed by atoms with Crippen molar-refractivity contribution in [3.05, 3.63) is 71.8 Å². The third kappa shape index (κ3) is 5.27. The minimum atomic E-state index is -0.639. The maximum atomic E-state index is 13.4.